The van der Waals surface area contributed by atoms with Gasteiger partial charge in [-0.25, -0.2) is 14.6 Å². The zero-order valence-corrected chi connectivity index (χ0v) is 14.5. The lowest BCUT2D eigenvalue weighted by Crippen LogP contribution is -2.58. The van der Waals surface area contributed by atoms with Gasteiger partial charge in [0.15, 0.2) is 5.54 Å². The van der Waals surface area contributed by atoms with Crippen LogP contribution in [0.2, 0.25) is 0 Å². The summed E-state index contributed by atoms with van der Waals surface area (Å²) in [4.78, 5) is 41.9. The average Bonchev–Trinajstić information content (AvgIpc) is 2.85. The van der Waals surface area contributed by atoms with Crippen LogP contribution in [0.15, 0.2) is 0 Å². The van der Waals surface area contributed by atoms with Crippen molar-refractivity contribution in [2.75, 3.05) is 6.54 Å². The van der Waals surface area contributed by atoms with Crippen molar-refractivity contribution in [3.63, 3.8) is 0 Å². The van der Waals surface area contributed by atoms with Crippen LogP contribution in [0, 0.1) is 13.8 Å². The molecule has 0 spiro atoms. The first-order chi connectivity index (χ1) is 10.5. The SMILES string of the molecule is Cc1nc(C)c([C@]2(CN(C(=O)O)C(C)(C)C)NC(=O)NC2=O)s1. The molecule has 9 heteroatoms. The van der Waals surface area contributed by atoms with E-state index in [2.05, 4.69) is 15.6 Å². The summed E-state index contributed by atoms with van der Waals surface area (Å²) in [6, 6.07) is -0.639. The predicted molar refractivity (Wildman–Crippen MR) is 84.4 cm³/mol. The Labute approximate surface area is 137 Å². The maximum Gasteiger partial charge on any atom is 0.407 e. The minimum absolute atomic E-state index is 0.189. The molecule has 1 saturated heterocycles. The van der Waals surface area contributed by atoms with Crippen molar-refractivity contribution >= 4 is 29.4 Å². The Bertz CT molecular complexity index is 679. The minimum atomic E-state index is -1.46. The van der Waals surface area contributed by atoms with Gasteiger partial charge in [-0.15, -0.1) is 11.3 Å². The summed E-state index contributed by atoms with van der Waals surface area (Å²) in [6.45, 7) is 8.53. The van der Waals surface area contributed by atoms with Crippen molar-refractivity contribution in [2.24, 2.45) is 0 Å². The molecule has 1 atom stereocenters. The van der Waals surface area contributed by atoms with E-state index in [1.807, 2.05) is 0 Å². The topological polar surface area (TPSA) is 112 Å². The van der Waals surface area contributed by atoms with Gasteiger partial charge in [0.2, 0.25) is 0 Å². The lowest BCUT2D eigenvalue weighted by atomic mass is 9.93. The summed E-state index contributed by atoms with van der Waals surface area (Å²) in [5, 5.41) is 15.1. The molecule has 0 bridgehead atoms. The monoisotopic (exact) mass is 340 g/mol. The molecule has 0 aromatic carbocycles. The van der Waals surface area contributed by atoms with Crippen LogP contribution in [-0.4, -0.2) is 45.1 Å². The second-order valence-electron chi connectivity index (χ2n) is 6.50. The van der Waals surface area contributed by atoms with Gasteiger partial charge in [0.1, 0.15) is 0 Å². The molecular weight excluding hydrogens is 320 g/mol. The first-order valence-electron chi connectivity index (χ1n) is 7.06. The largest absolute Gasteiger partial charge is 0.465 e. The Hall–Kier alpha value is -2.16. The summed E-state index contributed by atoms with van der Waals surface area (Å²) < 4.78 is 0. The molecule has 0 radical (unpaired) electrons. The predicted octanol–water partition coefficient (Wildman–Crippen LogP) is 1.57. The van der Waals surface area contributed by atoms with Gasteiger partial charge in [0, 0.05) is 5.54 Å². The number of urea groups is 1. The van der Waals surface area contributed by atoms with Crippen LogP contribution in [0.3, 0.4) is 0 Å². The first kappa shape index (κ1) is 17.2. The standard InChI is InChI=1S/C14H20N4O4S/c1-7-9(23-8(2)15-7)14(10(19)16-11(20)17-14)6-18(12(21)22)13(3,4)5/h6H2,1-5H3,(H,21,22)(H2,16,17,19,20)/t14-/m0/s1. The van der Waals surface area contributed by atoms with Crippen LogP contribution in [0.1, 0.15) is 36.3 Å². The van der Waals surface area contributed by atoms with Gasteiger partial charge < -0.3 is 15.3 Å². The van der Waals surface area contributed by atoms with Crippen LogP contribution in [0.4, 0.5) is 9.59 Å². The second kappa shape index (κ2) is 5.48. The van der Waals surface area contributed by atoms with E-state index in [1.165, 1.54) is 11.3 Å². The van der Waals surface area contributed by atoms with Gasteiger partial charge in [-0.2, -0.15) is 0 Å². The van der Waals surface area contributed by atoms with Crippen molar-refractivity contribution in [3.05, 3.63) is 15.6 Å². The van der Waals surface area contributed by atoms with Gasteiger partial charge in [0.05, 0.1) is 22.1 Å². The van der Waals surface area contributed by atoms with Gasteiger partial charge in [0.25, 0.3) is 5.91 Å². The van der Waals surface area contributed by atoms with E-state index < -0.39 is 29.1 Å². The first-order valence-corrected chi connectivity index (χ1v) is 7.87. The third-order valence-electron chi connectivity index (χ3n) is 3.67. The lowest BCUT2D eigenvalue weighted by molar-refractivity contribution is -0.125. The lowest BCUT2D eigenvalue weighted by Gasteiger charge is -2.38. The van der Waals surface area contributed by atoms with Crippen molar-refractivity contribution in [2.45, 2.75) is 45.7 Å². The molecule has 4 amide bonds. The summed E-state index contributed by atoms with van der Waals surface area (Å²) in [6.07, 6.45) is -1.16. The van der Waals surface area contributed by atoms with Gasteiger partial charge >= 0.3 is 12.1 Å². The quantitative estimate of drug-likeness (QED) is 0.723. The van der Waals surface area contributed by atoms with E-state index in [9.17, 15) is 19.5 Å². The zero-order valence-electron chi connectivity index (χ0n) is 13.7. The van der Waals surface area contributed by atoms with E-state index in [-0.39, 0.29) is 6.54 Å². The Balaban J connectivity index is 2.56. The normalized spacial score (nSPS) is 21.1. The van der Waals surface area contributed by atoms with Crippen molar-refractivity contribution in [1.29, 1.82) is 0 Å². The molecule has 1 aromatic heterocycles. The van der Waals surface area contributed by atoms with Crippen LogP contribution >= 0.6 is 11.3 Å². The highest BCUT2D eigenvalue weighted by atomic mass is 32.1. The number of nitrogens with one attached hydrogen (secondary N) is 2. The number of imide groups is 1. The summed E-state index contributed by atoms with van der Waals surface area (Å²) >= 11 is 1.27. The number of carbonyl (C=O) groups is 3. The van der Waals surface area contributed by atoms with Crippen LogP contribution in [0.25, 0.3) is 0 Å². The van der Waals surface area contributed by atoms with Gasteiger partial charge in [-0.3, -0.25) is 10.1 Å². The van der Waals surface area contributed by atoms with Crippen molar-refractivity contribution < 1.29 is 19.5 Å². The van der Waals surface area contributed by atoms with E-state index in [0.717, 1.165) is 9.91 Å². The molecule has 0 unspecified atom stereocenters. The number of amides is 4. The van der Waals surface area contributed by atoms with Crippen molar-refractivity contribution in [3.8, 4) is 0 Å². The molecule has 1 aliphatic heterocycles. The summed E-state index contributed by atoms with van der Waals surface area (Å²) in [5.74, 6) is -0.565. The number of nitrogens with zero attached hydrogens (tertiary/aromatic N) is 2. The number of hydrogen-bond acceptors (Lipinski definition) is 5. The Morgan fingerprint density at radius 3 is 2.30 bits per heavy atom. The van der Waals surface area contributed by atoms with E-state index in [1.54, 1.807) is 34.6 Å². The molecule has 2 rings (SSSR count). The smallest absolute Gasteiger partial charge is 0.407 e. The maximum absolute atomic E-state index is 12.5. The molecule has 23 heavy (non-hydrogen) atoms. The molecule has 0 saturated carbocycles. The number of hydrogen-bond donors (Lipinski definition) is 3. The van der Waals surface area contributed by atoms with Crippen LogP contribution in [0.5, 0.6) is 0 Å². The molecule has 0 aliphatic carbocycles. The number of carbonyl (C=O) groups excluding carboxylic acids is 2. The summed E-state index contributed by atoms with van der Waals surface area (Å²) in [5.41, 5.74) is -1.59. The van der Waals surface area contributed by atoms with Crippen LogP contribution < -0.4 is 10.6 Å². The van der Waals surface area contributed by atoms with E-state index >= 15 is 0 Å². The van der Waals surface area contributed by atoms with E-state index in [0.29, 0.717) is 10.6 Å². The van der Waals surface area contributed by atoms with Gasteiger partial charge in [-0.05, 0) is 34.6 Å². The molecule has 3 N–H and O–H groups in total. The summed E-state index contributed by atoms with van der Waals surface area (Å²) in [7, 11) is 0. The fraction of sp³-hybridized carbons (Fsp3) is 0.571. The third kappa shape index (κ3) is 3.00. The molecule has 8 nitrogen and oxygen atoms in total. The number of aryl methyl sites for hydroxylation is 2. The molecule has 1 aromatic rings. The highest BCUT2D eigenvalue weighted by Gasteiger charge is 2.53. The molecule has 2 heterocycles. The molecule has 1 aliphatic rings. The number of carboxylic acid groups (broad SMARTS) is 1. The average molecular weight is 340 g/mol. The Morgan fingerprint density at radius 1 is 1.35 bits per heavy atom. The van der Waals surface area contributed by atoms with Crippen molar-refractivity contribution in [1.82, 2.24) is 20.5 Å². The Kier molecular flexibility index (Phi) is 4.10. The number of thiazole rings is 1. The van der Waals surface area contributed by atoms with Gasteiger partial charge in [-0.1, -0.05) is 0 Å². The highest BCUT2D eigenvalue weighted by Crippen LogP contribution is 2.35. The number of aromatic nitrogens is 1. The molecular formula is C14H20N4O4S. The maximum atomic E-state index is 12.5. The minimum Gasteiger partial charge on any atom is -0.465 e. The van der Waals surface area contributed by atoms with Crippen LogP contribution in [-0.2, 0) is 10.3 Å². The molecule has 1 fully saturated rings. The van der Waals surface area contributed by atoms with E-state index in [4.69, 9.17) is 0 Å². The Morgan fingerprint density at radius 2 is 1.96 bits per heavy atom. The highest BCUT2D eigenvalue weighted by molar-refractivity contribution is 7.12. The molecule has 126 valence electrons. The third-order valence-corrected chi connectivity index (χ3v) is 4.90. The second-order valence-corrected chi connectivity index (χ2v) is 7.70. The fourth-order valence-corrected chi connectivity index (χ4v) is 3.64. The zero-order chi connectivity index (χ0) is 17.6. The number of rotatable bonds is 3. The fourth-order valence-electron chi connectivity index (χ4n) is 2.59.